The van der Waals surface area contributed by atoms with Gasteiger partial charge in [-0.1, -0.05) is 42.5 Å². The molecule has 0 aliphatic rings. The standard InChI is InChI=1S/C25H23NO6/c1-30-20-12-13-21(23(14-20)31-2)22(27)16-32-24(28)15-26-25(29)19-10-8-18(9-11-19)17-6-4-3-5-7-17/h3-14H,15-16H2,1-2H3,(H,26,29). The first kappa shape index (κ1) is 22.6. The number of nitrogens with one attached hydrogen (secondary N) is 1. The SMILES string of the molecule is COc1ccc(C(=O)COC(=O)CNC(=O)c2ccc(-c3ccccc3)cc2)c(OC)c1. The number of ketones is 1. The molecule has 0 bridgehead atoms. The number of benzene rings is 3. The van der Waals surface area contributed by atoms with Gasteiger partial charge in [0.05, 0.1) is 19.8 Å². The minimum atomic E-state index is -0.722. The average molecular weight is 433 g/mol. The molecule has 3 rings (SSSR count). The van der Waals surface area contributed by atoms with E-state index in [1.165, 1.54) is 20.3 Å². The monoisotopic (exact) mass is 433 g/mol. The van der Waals surface area contributed by atoms with Crippen LogP contribution >= 0.6 is 0 Å². The predicted octanol–water partition coefficient (Wildman–Crippen LogP) is 3.53. The Bertz CT molecular complexity index is 1090. The van der Waals surface area contributed by atoms with Gasteiger partial charge < -0.3 is 19.5 Å². The molecule has 1 amide bonds. The van der Waals surface area contributed by atoms with Crippen molar-refractivity contribution in [3.05, 3.63) is 83.9 Å². The molecule has 32 heavy (non-hydrogen) atoms. The Morgan fingerprint density at radius 3 is 2.16 bits per heavy atom. The van der Waals surface area contributed by atoms with Crippen LogP contribution in [0.2, 0.25) is 0 Å². The second kappa shape index (κ2) is 10.8. The Hall–Kier alpha value is -4.13. The van der Waals surface area contributed by atoms with Crippen LogP contribution in [0.15, 0.2) is 72.8 Å². The lowest BCUT2D eigenvalue weighted by Gasteiger charge is -2.10. The van der Waals surface area contributed by atoms with Crippen LogP contribution in [0.4, 0.5) is 0 Å². The van der Waals surface area contributed by atoms with Crippen LogP contribution in [0.3, 0.4) is 0 Å². The van der Waals surface area contributed by atoms with Gasteiger partial charge >= 0.3 is 5.97 Å². The Kier molecular flexibility index (Phi) is 7.59. The zero-order chi connectivity index (χ0) is 22.9. The third-order valence-electron chi connectivity index (χ3n) is 4.72. The van der Waals surface area contributed by atoms with Gasteiger partial charge in [0, 0.05) is 11.6 Å². The fourth-order valence-electron chi connectivity index (χ4n) is 3.00. The minimum absolute atomic E-state index is 0.267. The molecular weight excluding hydrogens is 410 g/mol. The lowest BCUT2D eigenvalue weighted by Crippen LogP contribution is -2.31. The number of hydrogen-bond donors (Lipinski definition) is 1. The number of Topliss-reactive ketones (excluding diaryl/α,β-unsaturated/α-hetero) is 1. The fourth-order valence-corrected chi connectivity index (χ4v) is 3.00. The van der Waals surface area contributed by atoms with E-state index in [1.807, 2.05) is 42.5 Å². The highest BCUT2D eigenvalue weighted by atomic mass is 16.5. The van der Waals surface area contributed by atoms with Gasteiger partial charge in [-0.25, -0.2) is 0 Å². The number of amides is 1. The molecule has 0 unspecified atom stereocenters. The van der Waals surface area contributed by atoms with E-state index < -0.39 is 24.3 Å². The predicted molar refractivity (Wildman–Crippen MR) is 119 cm³/mol. The normalized spacial score (nSPS) is 10.2. The zero-order valence-corrected chi connectivity index (χ0v) is 17.8. The molecule has 0 aromatic heterocycles. The van der Waals surface area contributed by atoms with Crippen molar-refractivity contribution in [2.45, 2.75) is 0 Å². The molecule has 0 saturated carbocycles. The number of esters is 1. The highest BCUT2D eigenvalue weighted by molar-refractivity contribution is 6.01. The maximum absolute atomic E-state index is 12.4. The lowest BCUT2D eigenvalue weighted by molar-refractivity contribution is -0.141. The van der Waals surface area contributed by atoms with Crippen molar-refractivity contribution < 1.29 is 28.6 Å². The first-order valence-corrected chi connectivity index (χ1v) is 9.86. The van der Waals surface area contributed by atoms with E-state index in [9.17, 15) is 14.4 Å². The number of methoxy groups -OCH3 is 2. The lowest BCUT2D eigenvalue weighted by atomic mass is 10.0. The second-order valence-corrected chi connectivity index (χ2v) is 6.78. The third-order valence-corrected chi connectivity index (χ3v) is 4.72. The minimum Gasteiger partial charge on any atom is -0.497 e. The van der Waals surface area contributed by atoms with Gasteiger partial charge in [-0.3, -0.25) is 14.4 Å². The second-order valence-electron chi connectivity index (χ2n) is 6.78. The summed E-state index contributed by atoms with van der Waals surface area (Å²) >= 11 is 0. The molecule has 0 heterocycles. The van der Waals surface area contributed by atoms with Crippen molar-refractivity contribution in [2.75, 3.05) is 27.4 Å². The molecule has 0 fully saturated rings. The van der Waals surface area contributed by atoms with Gasteiger partial charge in [0.2, 0.25) is 5.78 Å². The summed E-state index contributed by atoms with van der Waals surface area (Å²) in [6, 6.07) is 21.5. The van der Waals surface area contributed by atoms with Crippen LogP contribution in [0.1, 0.15) is 20.7 Å². The molecule has 0 atom stereocenters. The van der Waals surface area contributed by atoms with Gasteiger partial charge in [0.1, 0.15) is 18.0 Å². The van der Waals surface area contributed by atoms with Crippen molar-refractivity contribution >= 4 is 17.7 Å². The third kappa shape index (κ3) is 5.72. The molecule has 7 heteroatoms. The van der Waals surface area contributed by atoms with E-state index in [0.717, 1.165) is 11.1 Å². The van der Waals surface area contributed by atoms with Crippen LogP contribution in [0.5, 0.6) is 11.5 Å². The van der Waals surface area contributed by atoms with Crippen molar-refractivity contribution in [3.63, 3.8) is 0 Å². The quantitative estimate of drug-likeness (QED) is 0.410. The molecule has 0 radical (unpaired) electrons. The van der Waals surface area contributed by atoms with E-state index in [0.29, 0.717) is 17.1 Å². The summed E-state index contributed by atoms with van der Waals surface area (Å²) in [5.41, 5.74) is 2.70. The topological polar surface area (TPSA) is 90.9 Å². The number of carbonyl (C=O) groups is 3. The number of carbonyl (C=O) groups excluding carboxylic acids is 3. The Morgan fingerprint density at radius 1 is 0.812 bits per heavy atom. The number of rotatable bonds is 9. The molecule has 3 aromatic carbocycles. The van der Waals surface area contributed by atoms with Gasteiger partial charge in [0.25, 0.3) is 5.91 Å². The first-order chi connectivity index (χ1) is 15.5. The summed E-state index contributed by atoms with van der Waals surface area (Å²) in [6.07, 6.45) is 0. The molecule has 0 aliphatic heterocycles. The summed E-state index contributed by atoms with van der Waals surface area (Å²) in [4.78, 5) is 36.6. The maximum atomic E-state index is 12.4. The smallest absolute Gasteiger partial charge is 0.325 e. The van der Waals surface area contributed by atoms with E-state index in [4.69, 9.17) is 14.2 Å². The van der Waals surface area contributed by atoms with E-state index in [1.54, 1.807) is 24.3 Å². The maximum Gasteiger partial charge on any atom is 0.325 e. The Labute approximate surface area is 185 Å². The zero-order valence-electron chi connectivity index (χ0n) is 17.8. The Balaban J connectivity index is 1.49. The molecule has 3 aromatic rings. The largest absolute Gasteiger partial charge is 0.497 e. The summed E-state index contributed by atoms with van der Waals surface area (Å²) < 4.78 is 15.3. The first-order valence-electron chi connectivity index (χ1n) is 9.86. The van der Waals surface area contributed by atoms with Gasteiger partial charge in [-0.05, 0) is 35.4 Å². The van der Waals surface area contributed by atoms with E-state index >= 15 is 0 Å². The van der Waals surface area contributed by atoms with Gasteiger partial charge in [0.15, 0.2) is 6.61 Å². The molecule has 1 N–H and O–H groups in total. The van der Waals surface area contributed by atoms with Crippen molar-refractivity contribution in [3.8, 4) is 22.6 Å². The molecule has 0 aliphatic carbocycles. The summed E-state index contributed by atoms with van der Waals surface area (Å²) in [6.45, 7) is -0.824. The molecular formula is C25H23NO6. The molecule has 164 valence electrons. The van der Waals surface area contributed by atoms with E-state index in [2.05, 4.69) is 5.32 Å². The summed E-state index contributed by atoms with van der Waals surface area (Å²) in [5, 5.41) is 2.49. The van der Waals surface area contributed by atoms with Crippen LogP contribution in [-0.4, -0.2) is 45.0 Å². The molecule has 0 spiro atoms. The van der Waals surface area contributed by atoms with Crippen molar-refractivity contribution in [2.24, 2.45) is 0 Å². The van der Waals surface area contributed by atoms with Crippen LogP contribution in [0.25, 0.3) is 11.1 Å². The average Bonchev–Trinajstić information content (AvgIpc) is 2.85. The van der Waals surface area contributed by atoms with Crippen LogP contribution in [-0.2, 0) is 9.53 Å². The van der Waals surface area contributed by atoms with Crippen molar-refractivity contribution in [1.82, 2.24) is 5.32 Å². The van der Waals surface area contributed by atoms with Gasteiger partial charge in [-0.2, -0.15) is 0 Å². The molecule has 7 nitrogen and oxygen atoms in total. The number of ether oxygens (including phenoxy) is 3. The van der Waals surface area contributed by atoms with E-state index in [-0.39, 0.29) is 12.1 Å². The Morgan fingerprint density at radius 2 is 1.50 bits per heavy atom. The highest BCUT2D eigenvalue weighted by Crippen LogP contribution is 2.25. The van der Waals surface area contributed by atoms with Crippen LogP contribution < -0.4 is 14.8 Å². The van der Waals surface area contributed by atoms with Crippen LogP contribution in [0, 0.1) is 0 Å². The highest BCUT2D eigenvalue weighted by Gasteiger charge is 2.16. The summed E-state index contributed by atoms with van der Waals surface area (Å²) in [7, 11) is 2.93. The fraction of sp³-hybridized carbons (Fsp3) is 0.160. The molecule has 0 saturated heterocycles. The summed E-state index contributed by atoms with van der Waals surface area (Å²) in [5.74, 6) is -0.710. The number of hydrogen-bond acceptors (Lipinski definition) is 6. The van der Waals surface area contributed by atoms with Gasteiger partial charge in [-0.15, -0.1) is 0 Å². The van der Waals surface area contributed by atoms with Crippen molar-refractivity contribution in [1.29, 1.82) is 0 Å².